The fraction of sp³-hybridized carbons (Fsp3) is 0.471. The average Bonchev–Trinajstić information content (AvgIpc) is 2.71. The summed E-state index contributed by atoms with van der Waals surface area (Å²) < 4.78 is 3.76. The van der Waals surface area contributed by atoms with E-state index in [0.717, 1.165) is 12.0 Å². The lowest BCUT2D eigenvalue weighted by molar-refractivity contribution is 0.470. The van der Waals surface area contributed by atoms with Gasteiger partial charge in [-0.25, -0.2) is 4.68 Å². The van der Waals surface area contributed by atoms with Crippen molar-refractivity contribution < 1.29 is 0 Å². The van der Waals surface area contributed by atoms with Crippen molar-refractivity contribution in [3.63, 3.8) is 0 Å². The molecule has 0 aliphatic heterocycles. The molecular formula is C17H16Cl2N2O. The van der Waals surface area contributed by atoms with E-state index < -0.39 is 0 Å². The predicted octanol–water partition coefficient (Wildman–Crippen LogP) is 4.02. The Labute approximate surface area is 138 Å². The molecule has 1 heterocycles. The minimum Gasteiger partial charge on any atom is -0.284 e. The van der Waals surface area contributed by atoms with Crippen LogP contribution in [-0.4, -0.2) is 9.36 Å². The van der Waals surface area contributed by atoms with Gasteiger partial charge in [0.15, 0.2) is 0 Å². The molecular weight excluding hydrogens is 319 g/mol. The molecule has 2 saturated carbocycles. The summed E-state index contributed by atoms with van der Waals surface area (Å²) in [5, 5.41) is 1.09. The summed E-state index contributed by atoms with van der Waals surface area (Å²) in [6, 6.07) is 5.30. The molecule has 0 spiro atoms. The zero-order valence-electron chi connectivity index (χ0n) is 12.5. The molecule has 5 rings (SSSR count). The Morgan fingerprint density at radius 3 is 2.73 bits per heavy atom. The minimum atomic E-state index is 0.0965. The van der Waals surface area contributed by atoms with Gasteiger partial charge in [0, 0.05) is 23.0 Å². The van der Waals surface area contributed by atoms with Crippen LogP contribution in [0.15, 0.2) is 23.0 Å². The van der Waals surface area contributed by atoms with Crippen molar-refractivity contribution in [3.8, 4) is 5.69 Å². The SMILES string of the molecule is Cn1c2c(c(=O)n1-c1ccc(Cl)cc1Cl)[C@H]1CC[C@@]23CC13C. The van der Waals surface area contributed by atoms with Gasteiger partial charge in [0.25, 0.3) is 5.56 Å². The lowest BCUT2D eigenvalue weighted by Crippen LogP contribution is -2.24. The third-order valence-corrected chi connectivity index (χ3v) is 7.05. The maximum absolute atomic E-state index is 13.1. The van der Waals surface area contributed by atoms with Crippen LogP contribution in [0.25, 0.3) is 5.69 Å². The van der Waals surface area contributed by atoms with Crippen LogP contribution in [0.1, 0.15) is 43.4 Å². The van der Waals surface area contributed by atoms with Crippen molar-refractivity contribution in [2.45, 2.75) is 37.5 Å². The first-order chi connectivity index (χ1) is 10.4. The lowest BCUT2D eigenvalue weighted by Gasteiger charge is -2.19. The Bertz CT molecular complexity index is 908. The van der Waals surface area contributed by atoms with Gasteiger partial charge in [0.1, 0.15) is 0 Å². The molecule has 114 valence electrons. The van der Waals surface area contributed by atoms with E-state index in [0.29, 0.717) is 27.1 Å². The standard InChI is InChI=1S/C17H16Cl2N2O/c1-16-8-17(16)6-5-10(16)13-14(17)20(2)21(15(13)22)12-4-3-9(18)7-11(12)19/h3-4,7,10H,5-6,8H2,1-2H3/t10-,16?,17-/m1/s1. The van der Waals surface area contributed by atoms with Crippen LogP contribution in [0.3, 0.4) is 0 Å². The second-order valence-electron chi connectivity index (χ2n) is 7.27. The smallest absolute Gasteiger partial charge is 0.275 e. The number of rotatable bonds is 1. The van der Waals surface area contributed by atoms with E-state index in [-0.39, 0.29) is 11.0 Å². The fourth-order valence-electron chi connectivity index (χ4n) is 5.49. The summed E-state index contributed by atoms with van der Waals surface area (Å²) in [7, 11) is 1.99. The summed E-state index contributed by atoms with van der Waals surface area (Å²) in [4.78, 5) is 13.1. The molecule has 5 heteroatoms. The fourth-order valence-corrected chi connectivity index (χ4v) is 5.98. The largest absolute Gasteiger partial charge is 0.284 e. The second-order valence-corrected chi connectivity index (χ2v) is 8.11. The van der Waals surface area contributed by atoms with Crippen molar-refractivity contribution >= 4 is 23.2 Å². The maximum atomic E-state index is 13.1. The van der Waals surface area contributed by atoms with Gasteiger partial charge in [-0.2, -0.15) is 0 Å². The monoisotopic (exact) mass is 334 g/mol. The third kappa shape index (κ3) is 1.19. The summed E-state index contributed by atoms with van der Waals surface area (Å²) in [6.07, 6.45) is 3.59. The first-order valence-electron chi connectivity index (χ1n) is 7.68. The molecule has 1 aromatic carbocycles. The first-order valence-corrected chi connectivity index (χ1v) is 8.44. The highest BCUT2D eigenvalue weighted by Gasteiger charge is 2.78. The van der Waals surface area contributed by atoms with E-state index in [4.69, 9.17) is 23.2 Å². The normalized spacial score (nSPS) is 33.9. The van der Waals surface area contributed by atoms with Crippen molar-refractivity contribution in [1.82, 2.24) is 9.36 Å². The van der Waals surface area contributed by atoms with E-state index in [9.17, 15) is 4.79 Å². The molecule has 0 N–H and O–H groups in total. The summed E-state index contributed by atoms with van der Waals surface area (Å²) in [6.45, 7) is 2.35. The molecule has 3 aliphatic carbocycles. The quantitative estimate of drug-likeness (QED) is 0.773. The second kappa shape index (κ2) is 3.65. The van der Waals surface area contributed by atoms with Crippen molar-refractivity contribution in [3.05, 3.63) is 49.9 Å². The summed E-state index contributed by atoms with van der Waals surface area (Å²) in [5.41, 5.74) is 3.67. The van der Waals surface area contributed by atoms with E-state index >= 15 is 0 Å². The van der Waals surface area contributed by atoms with Gasteiger partial charge in [0.05, 0.1) is 16.4 Å². The zero-order valence-corrected chi connectivity index (χ0v) is 14.0. The number of halogens is 2. The van der Waals surface area contributed by atoms with Crippen molar-refractivity contribution in [2.24, 2.45) is 12.5 Å². The molecule has 3 nitrogen and oxygen atoms in total. The molecule has 2 fully saturated rings. The molecule has 2 aromatic rings. The Kier molecular flexibility index (Phi) is 2.20. The topological polar surface area (TPSA) is 26.9 Å². The molecule has 22 heavy (non-hydrogen) atoms. The molecule has 1 aromatic heterocycles. The Morgan fingerprint density at radius 1 is 1.32 bits per heavy atom. The third-order valence-electron chi connectivity index (χ3n) is 6.51. The molecule has 0 amide bonds. The highest BCUT2D eigenvalue weighted by Crippen LogP contribution is 2.83. The van der Waals surface area contributed by atoms with Gasteiger partial charge in [-0.3, -0.25) is 9.48 Å². The summed E-state index contributed by atoms with van der Waals surface area (Å²) >= 11 is 12.3. The number of fused-ring (bicyclic) bond motifs is 2. The van der Waals surface area contributed by atoms with Crippen LogP contribution in [0.2, 0.25) is 10.0 Å². The van der Waals surface area contributed by atoms with E-state index in [1.165, 1.54) is 18.5 Å². The van der Waals surface area contributed by atoms with Crippen LogP contribution in [0.5, 0.6) is 0 Å². The van der Waals surface area contributed by atoms with Crippen LogP contribution in [-0.2, 0) is 12.5 Å². The van der Waals surface area contributed by atoms with Gasteiger partial charge in [-0.15, -0.1) is 0 Å². The van der Waals surface area contributed by atoms with E-state index in [2.05, 4.69) is 6.92 Å². The molecule has 1 unspecified atom stereocenters. The zero-order chi connectivity index (χ0) is 15.4. The number of hydrogen-bond donors (Lipinski definition) is 0. The van der Waals surface area contributed by atoms with E-state index in [1.807, 2.05) is 17.8 Å². The summed E-state index contributed by atoms with van der Waals surface area (Å²) in [5.74, 6) is 0.425. The highest BCUT2D eigenvalue weighted by atomic mass is 35.5. The number of hydrogen-bond acceptors (Lipinski definition) is 1. The maximum Gasteiger partial charge on any atom is 0.275 e. The van der Waals surface area contributed by atoms with Crippen molar-refractivity contribution in [2.75, 3.05) is 0 Å². The predicted molar refractivity (Wildman–Crippen MR) is 87.4 cm³/mol. The average molecular weight is 335 g/mol. The lowest BCUT2D eigenvalue weighted by atomic mass is 9.86. The first kappa shape index (κ1) is 13.3. The van der Waals surface area contributed by atoms with Crippen LogP contribution >= 0.6 is 23.2 Å². The van der Waals surface area contributed by atoms with Crippen LogP contribution < -0.4 is 5.56 Å². The van der Waals surface area contributed by atoms with Gasteiger partial charge in [-0.1, -0.05) is 30.1 Å². The van der Waals surface area contributed by atoms with E-state index in [1.54, 1.807) is 16.8 Å². The van der Waals surface area contributed by atoms with Crippen LogP contribution in [0.4, 0.5) is 0 Å². The highest BCUT2D eigenvalue weighted by molar-refractivity contribution is 6.35. The minimum absolute atomic E-state index is 0.0965. The molecule has 0 radical (unpaired) electrons. The number of nitrogens with zero attached hydrogens (tertiary/aromatic N) is 2. The van der Waals surface area contributed by atoms with Gasteiger partial charge >= 0.3 is 0 Å². The Hall–Kier alpha value is -1.19. The number of aromatic nitrogens is 2. The Balaban J connectivity index is 1.81. The molecule has 0 saturated heterocycles. The molecule has 2 bridgehead atoms. The van der Waals surface area contributed by atoms with Gasteiger partial charge in [-0.05, 0) is 48.8 Å². The van der Waals surface area contributed by atoms with Gasteiger partial charge < -0.3 is 0 Å². The molecule has 3 aliphatic rings. The van der Waals surface area contributed by atoms with Crippen molar-refractivity contribution in [1.29, 1.82) is 0 Å². The van der Waals surface area contributed by atoms with Gasteiger partial charge in [0.2, 0.25) is 0 Å². The molecule has 3 atom stereocenters. The van der Waals surface area contributed by atoms with Crippen LogP contribution in [0, 0.1) is 5.41 Å². The number of benzene rings is 1. The Morgan fingerprint density at radius 2 is 2.09 bits per heavy atom.